The Labute approximate surface area is 172 Å². The molecule has 1 fully saturated rings. The van der Waals surface area contributed by atoms with Crippen molar-refractivity contribution < 1.29 is 0 Å². The molecule has 7 heteroatoms. The highest BCUT2D eigenvalue weighted by molar-refractivity contribution is 6.65. The third-order valence-electron chi connectivity index (χ3n) is 5.69. The number of rotatable bonds is 7. The number of aliphatic imine (C=N–C) groups is 1. The molecule has 0 unspecified atom stereocenters. The number of amidine groups is 1. The number of aryl methyl sites for hydroxylation is 1. The largest absolute Gasteiger partial charge is 0.384 e. The van der Waals surface area contributed by atoms with Crippen molar-refractivity contribution in [1.82, 2.24) is 14.9 Å². The lowest BCUT2D eigenvalue weighted by molar-refractivity contribution is 0.512. The van der Waals surface area contributed by atoms with Gasteiger partial charge in [-0.25, -0.2) is 9.97 Å². The van der Waals surface area contributed by atoms with Crippen LogP contribution in [0.5, 0.6) is 0 Å². The zero-order valence-electron chi connectivity index (χ0n) is 18.2. The van der Waals surface area contributed by atoms with Crippen molar-refractivity contribution in [3.63, 3.8) is 0 Å². The summed E-state index contributed by atoms with van der Waals surface area (Å²) in [6.45, 7) is 8.70. The van der Waals surface area contributed by atoms with Gasteiger partial charge in [-0.3, -0.25) is 15.8 Å². The van der Waals surface area contributed by atoms with Gasteiger partial charge in [0.2, 0.25) is 0 Å². The Balaban J connectivity index is 2.11. The third kappa shape index (κ3) is 3.99. The monoisotopic (exact) mass is 393 g/mol. The molecule has 2 heterocycles. The number of nitrogens with zero attached hydrogens (tertiary/aromatic N) is 4. The summed E-state index contributed by atoms with van der Waals surface area (Å²) in [6.07, 6.45) is 4.18. The number of allylic oxidation sites excluding steroid dienone is 2. The fourth-order valence-electron chi connectivity index (χ4n) is 3.71. The van der Waals surface area contributed by atoms with Crippen molar-refractivity contribution in [2.75, 3.05) is 20.6 Å². The van der Waals surface area contributed by atoms with Gasteiger partial charge in [-0.15, -0.1) is 0 Å². The summed E-state index contributed by atoms with van der Waals surface area (Å²) >= 11 is 0. The maximum Gasteiger partial charge on any atom is 0.161 e. The summed E-state index contributed by atoms with van der Waals surface area (Å²) in [6, 6.07) is 0. The topological polar surface area (TPSA) is 115 Å². The SMILES string of the molecule is C/C(=C(/C(=N)N)C(=N)C1=NCC(C2CC2)=C1c1ncc(C(C)C)c(C)n1)N(C)C. The van der Waals surface area contributed by atoms with Gasteiger partial charge in [0.15, 0.2) is 5.82 Å². The molecular formula is C22H31N7. The summed E-state index contributed by atoms with van der Waals surface area (Å²) in [5.74, 6) is 1.34. The van der Waals surface area contributed by atoms with Crippen molar-refractivity contribution in [3.8, 4) is 0 Å². The molecule has 7 nitrogen and oxygen atoms in total. The van der Waals surface area contributed by atoms with Gasteiger partial charge in [0, 0.05) is 37.3 Å². The molecule has 0 amide bonds. The molecule has 2 aliphatic rings. The molecule has 29 heavy (non-hydrogen) atoms. The van der Waals surface area contributed by atoms with Crippen LogP contribution in [0.2, 0.25) is 0 Å². The minimum Gasteiger partial charge on any atom is -0.384 e. The summed E-state index contributed by atoms with van der Waals surface area (Å²) in [5.41, 5.74) is 11.9. The smallest absolute Gasteiger partial charge is 0.161 e. The van der Waals surface area contributed by atoms with Gasteiger partial charge in [-0.05, 0) is 49.7 Å². The average Bonchev–Trinajstić information content (AvgIpc) is 3.38. The van der Waals surface area contributed by atoms with E-state index < -0.39 is 0 Å². The molecule has 0 saturated heterocycles. The summed E-state index contributed by atoms with van der Waals surface area (Å²) < 4.78 is 0. The Kier molecular flexibility index (Phi) is 5.68. The molecular weight excluding hydrogens is 362 g/mol. The lowest BCUT2D eigenvalue weighted by atomic mass is 9.93. The normalized spacial score (nSPS) is 17.4. The van der Waals surface area contributed by atoms with Gasteiger partial charge >= 0.3 is 0 Å². The van der Waals surface area contributed by atoms with Crippen LogP contribution in [0, 0.1) is 23.7 Å². The van der Waals surface area contributed by atoms with Crippen LogP contribution in [-0.2, 0) is 0 Å². The first kappa shape index (κ1) is 20.9. The van der Waals surface area contributed by atoms with Crippen LogP contribution in [0.1, 0.15) is 56.6 Å². The highest BCUT2D eigenvalue weighted by Gasteiger charge is 2.36. The van der Waals surface area contributed by atoms with Crippen molar-refractivity contribution in [3.05, 3.63) is 40.1 Å². The quantitative estimate of drug-likeness (QED) is 0.487. The van der Waals surface area contributed by atoms with Crippen LogP contribution in [0.3, 0.4) is 0 Å². The Bertz CT molecular complexity index is 959. The van der Waals surface area contributed by atoms with Gasteiger partial charge in [0.05, 0.1) is 23.5 Å². The van der Waals surface area contributed by atoms with Crippen molar-refractivity contribution in [2.24, 2.45) is 16.6 Å². The van der Waals surface area contributed by atoms with Crippen LogP contribution >= 0.6 is 0 Å². The molecule has 0 spiro atoms. The highest BCUT2D eigenvalue weighted by atomic mass is 15.1. The summed E-state index contributed by atoms with van der Waals surface area (Å²) in [4.78, 5) is 16.0. The molecule has 1 aromatic heterocycles. The van der Waals surface area contributed by atoms with Crippen LogP contribution in [0.25, 0.3) is 5.57 Å². The Morgan fingerprint density at radius 1 is 1.24 bits per heavy atom. The average molecular weight is 394 g/mol. The van der Waals surface area contributed by atoms with E-state index in [1.807, 2.05) is 39.0 Å². The maximum atomic E-state index is 8.87. The van der Waals surface area contributed by atoms with Gasteiger partial charge < -0.3 is 10.6 Å². The molecule has 0 atom stereocenters. The van der Waals surface area contributed by atoms with Crippen LogP contribution in [0.15, 0.2) is 28.0 Å². The van der Waals surface area contributed by atoms with Crippen LogP contribution in [-0.4, -0.2) is 52.8 Å². The first-order valence-corrected chi connectivity index (χ1v) is 10.1. The number of hydrogen-bond acceptors (Lipinski definition) is 6. The molecule has 0 aromatic carbocycles. The van der Waals surface area contributed by atoms with Crippen molar-refractivity contribution >= 4 is 22.8 Å². The fourth-order valence-corrected chi connectivity index (χ4v) is 3.71. The summed E-state index contributed by atoms with van der Waals surface area (Å²) in [5, 5.41) is 16.9. The van der Waals surface area contributed by atoms with E-state index in [-0.39, 0.29) is 11.5 Å². The Morgan fingerprint density at radius 2 is 1.90 bits per heavy atom. The van der Waals surface area contributed by atoms with Crippen molar-refractivity contribution in [2.45, 2.75) is 46.5 Å². The van der Waals surface area contributed by atoms with Crippen LogP contribution in [0.4, 0.5) is 0 Å². The van der Waals surface area contributed by atoms with Gasteiger partial charge in [0.25, 0.3) is 0 Å². The van der Waals surface area contributed by atoms with E-state index in [2.05, 4.69) is 18.8 Å². The van der Waals surface area contributed by atoms with Gasteiger partial charge in [-0.1, -0.05) is 13.8 Å². The van der Waals surface area contributed by atoms with E-state index in [1.54, 1.807) is 0 Å². The maximum absolute atomic E-state index is 8.87. The lowest BCUT2D eigenvalue weighted by Gasteiger charge is -2.20. The zero-order chi connectivity index (χ0) is 21.5. The second-order valence-corrected chi connectivity index (χ2v) is 8.37. The molecule has 1 aliphatic carbocycles. The predicted octanol–water partition coefficient (Wildman–Crippen LogP) is 3.32. The molecule has 154 valence electrons. The fraction of sp³-hybridized carbons (Fsp3) is 0.500. The number of hydrogen-bond donors (Lipinski definition) is 3. The van der Waals surface area contributed by atoms with Gasteiger partial charge in [0.1, 0.15) is 5.84 Å². The highest BCUT2D eigenvalue weighted by Crippen LogP contribution is 2.43. The molecule has 1 saturated carbocycles. The molecule has 1 aromatic rings. The predicted molar refractivity (Wildman–Crippen MR) is 119 cm³/mol. The zero-order valence-corrected chi connectivity index (χ0v) is 18.2. The van der Waals surface area contributed by atoms with Gasteiger partial charge in [-0.2, -0.15) is 0 Å². The second-order valence-electron chi connectivity index (χ2n) is 8.37. The first-order valence-electron chi connectivity index (χ1n) is 10.1. The molecule has 3 rings (SSSR count). The minimum absolute atomic E-state index is 0.129. The van der Waals surface area contributed by atoms with E-state index in [0.29, 0.717) is 35.5 Å². The summed E-state index contributed by atoms with van der Waals surface area (Å²) in [7, 11) is 3.76. The molecule has 0 radical (unpaired) electrons. The number of nitrogens with two attached hydrogens (primary N) is 1. The molecule has 0 bridgehead atoms. The lowest BCUT2D eigenvalue weighted by Crippen LogP contribution is -2.30. The minimum atomic E-state index is -0.129. The standard InChI is InChI=1S/C22H31N7/c1-11(2)15-9-27-22(28-12(15)3)18-16(14-7-8-14)10-26-20(18)19(23)17(21(24)25)13(4)29(5)6/h9,11,14,23H,7-8,10H2,1-6H3,(H3,24,25)/b17-13-,23-19?. The van der Waals surface area contributed by atoms with E-state index >= 15 is 0 Å². The number of nitrogens with one attached hydrogen (secondary N) is 2. The second kappa shape index (κ2) is 7.89. The van der Waals surface area contributed by atoms with Crippen molar-refractivity contribution in [1.29, 1.82) is 10.8 Å². The van der Waals surface area contributed by atoms with Crippen LogP contribution < -0.4 is 5.73 Å². The van der Waals surface area contributed by atoms with E-state index in [4.69, 9.17) is 26.5 Å². The molecule has 1 aliphatic heterocycles. The Hall–Kier alpha value is -2.83. The van der Waals surface area contributed by atoms with E-state index in [9.17, 15) is 0 Å². The van der Waals surface area contributed by atoms with E-state index in [1.165, 1.54) is 5.57 Å². The first-order chi connectivity index (χ1) is 13.6. The van der Waals surface area contributed by atoms with E-state index in [0.717, 1.165) is 35.4 Å². The Morgan fingerprint density at radius 3 is 2.38 bits per heavy atom. The molecule has 4 N–H and O–H groups in total. The number of aromatic nitrogens is 2. The third-order valence-corrected chi connectivity index (χ3v) is 5.69.